The van der Waals surface area contributed by atoms with Gasteiger partial charge in [-0.15, -0.1) is 0 Å². The van der Waals surface area contributed by atoms with Crippen molar-refractivity contribution in [3.05, 3.63) is 28.2 Å². The molecule has 0 aromatic heterocycles. The Hall–Kier alpha value is -1.40. The molecule has 1 aromatic rings. The fourth-order valence-corrected chi connectivity index (χ4v) is 1.44. The van der Waals surface area contributed by atoms with E-state index in [1.54, 1.807) is 6.07 Å². The number of carbonyl (C=O) groups excluding carboxylic acids is 1. The van der Waals surface area contributed by atoms with Crippen molar-refractivity contribution in [1.82, 2.24) is 0 Å². The van der Waals surface area contributed by atoms with Crippen LogP contribution in [0.2, 0.25) is 0 Å². The van der Waals surface area contributed by atoms with E-state index in [-0.39, 0.29) is 24.4 Å². The third-order valence-corrected chi connectivity index (χ3v) is 2.55. The molecule has 0 spiro atoms. The molecule has 1 amide bonds. The lowest BCUT2D eigenvalue weighted by Gasteiger charge is -2.07. The number of aromatic carboxylic acids is 1. The van der Waals surface area contributed by atoms with E-state index in [4.69, 9.17) is 10.8 Å². The lowest BCUT2D eigenvalue weighted by atomic mass is 10.2. The Bertz CT molecular complexity index is 421. The summed E-state index contributed by atoms with van der Waals surface area (Å²) in [5.74, 6) is -1.28. The van der Waals surface area contributed by atoms with Crippen LogP contribution >= 0.6 is 15.9 Å². The molecule has 0 heterocycles. The maximum Gasteiger partial charge on any atom is 0.335 e. The molecule has 86 valence electrons. The van der Waals surface area contributed by atoms with Gasteiger partial charge in [0, 0.05) is 17.4 Å². The molecule has 1 rings (SSSR count). The van der Waals surface area contributed by atoms with E-state index in [1.165, 1.54) is 12.1 Å². The van der Waals surface area contributed by atoms with Gasteiger partial charge in [-0.05, 0) is 34.1 Å². The molecule has 4 N–H and O–H groups in total. The zero-order chi connectivity index (χ0) is 12.1. The van der Waals surface area contributed by atoms with Gasteiger partial charge in [0.15, 0.2) is 0 Å². The quantitative estimate of drug-likeness (QED) is 0.781. The van der Waals surface area contributed by atoms with E-state index in [2.05, 4.69) is 21.2 Å². The van der Waals surface area contributed by atoms with Crippen LogP contribution in [0.15, 0.2) is 22.7 Å². The van der Waals surface area contributed by atoms with Crippen molar-refractivity contribution in [2.45, 2.75) is 6.42 Å². The fourth-order valence-electron chi connectivity index (χ4n) is 1.10. The van der Waals surface area contributed by atoms with E-state index >= 15 is 0 Å². The highest BCUT2D eigenvalue weighted by Gasteiger charge is 2.09. The number of rotatable bonds is 4. The Morgan fingerprint density at radius 2 is 2.12 bits per heavy atom. The molecule has 5 nitrogen and oxygen atoms in total. The van der Waals surface area contributed by atoms with Crippen molar-refractivity contribution in [3.8, 4) is 0 Å². The molecule has 0 saturated heterocycles. The van der Waals surface area contributed by atoms with Gasteiger partial charge in [0.25, 0.3) is 0 Å². The Balaban J connectivity index is 2.90. The van der Waals surface area contributed by atoms with E-state index in [1.807, 2.05) is 0 Å². The summed E-state index contributed by atoms with van der Waals surface area (Å²) in [6.07, 6.45) is 0.198. The summed E-state index contributed by atoms with van der Waals surface area (Å²) in [5, 5.41) is 11.4. The smallest absolute Gasteiger partial charge is 0.335 e. The summed E-state index contributed by atoms with van der Waals surface area (Å²) < 4.78 is 0.628. The van der Waals surface area contributed by atoms with Crippen molar-refractivity contribution in [2.24, 2.45) is 5.73 Å². The van der Waals surface area contributed by atoms with E-state index in [0.29, 0.717) is 10.2 Å². The predicted molar refractivity (Wildman–Crippen MR) is 63.4 cm³/mol. The summed E-state index contributed by atoms with van der Waals surface area (Å²) in [4.78, 5) is 22.0. The van der Waals surface area contributed by atoms with Crippen molar-refractivity contribution in [2.75, 3.05) is 11.9 Å². The number of carboxylic acid groups (broad SMARTS) is 1. The Morgan fingerprint density at radius 3 is 2.69 bits per heavy atom. The van der Waals surface area contributed by atoms with Crippen LogP contribution in [0.5, 0.6) is 0 Å². The first-order chi connectivity index (χ1) is 7.54. The summed E-state index contributed by atoms with van der Waals surface area (Å²) in [6.45, 7) is 0.252. The highest BCUT2D eigenvalue weighted by atomic mass is 79.9. The van der Waals surface area contributed by atoms with Gasteiger partial charge in [0.05, 0.1) is 11.3 Å². The molecule has 0 aliphatic carbocycles. The first-order valence-corrected chi connectivity index (χ1v) is 5.36. The Morgan fingerprint density at radius 1 is 1.44 bits per heavy atom. The first-order valence-electron chi connectivity index (χ1n) is 4.57. The van der Waals surface area contributed by atoms with Gasteiger partial charge in [-0.1, -0.05) is 0 Å². The maximum atomic E-state index is 11.3. The highest BCUT2D eigenvalue weighted by Crippen LogP contribution is 2.23. The minimum Gasteiger partial charge on any atom is -0.478 e. The standard InChI is InChI=1S/C10H11BrN2O3/c11-7-2-1-6(10(15)16)5-8(7)13-9(14)3-4-12/h1-2,5H,3-4,12H2,(H,13,14)(H,15,16). The molecule has 1 aromatic carbocycles. The molecule has 6 heteroatoms. The zero-order valence-electron chi connectivity index (χ0n) is 8.37. The molecule has 0 atom stereocenters. The normalized spacial score (nSPS) is 9.88. The van der Waals surface area contributed by atoms with Gasteiger partial charge in [-0.2, -0.15) is 0 Å². The molecule has 0 aliphatic heterocycles. The second kappa shape index (κ2) is 5.62. The fraction of sp³-hybridized carbons (Fsp3) is 0.200. The molecule has 0 radical (unpaired) electrons. The van der Waals surface area contributed by atoms with Crippen LogP contribution in [-0.4, -0.2) is 23.5 Å². The number of carboxylic acids is 1. The summed E-state index contributed by atoms with van der Waals surface area (Å²) in [7, 11) is 0. The van der Waals surface area contributed by atoms with Crippen LogP contribution in [0.1, 0.15) is 16.8 Å². The van der Waals surface area contributed by atoms with Crippen LogP contribution < -0.4 is 11.1 Å². The molecule has 16 heavy (non-hydrogen) atoms. The number of anilines is 1. The van der Waals surface area contributed by atoms with Crippen LogP contribution in [0.25, 0.3) is 0 Å². The first kappa shape index (κ1) is 12.7. The lowest BCUT2D eigenvalue weighted by molar-refractivity contribution is -0.116. The summed E-state index contributed by atoms with van der Waals surface area (Å²) >= 11 is 3.22. The van der Waals surface area contributed by atoms with Gasteiger partial charge in [-0.3, -0.25) is 4.79 Å². The zero-order valence-corrected chi connectivity index (χ0v) is 9.95. The van der Waals surface area contributed by atoms with Crippen LogP contribution in [-0.2, 0) is 4.79 Å². The SMILES string of the molecule is NCCC(=O)Nc1cc(C(=O)O)ccc1Br. The van der Waals surface area contributed by atoms with Crippen LogP contribution in [0.4, 0.5) is 5.69 Å². The Kier molecular flexibility index (Phi) is 4.45. The van der Waals surface area contributed by atoms with E-state index in [0.717, 1.165) is 0 Å². The highest BCUT2D eigenvalue weighted by molar-refractivity contribution is 9.10. The van der Waals surface area contributed by atoms with E-state index in [9.17, 15) is 9.59 Å². The van der Waals surface area contributed by atoms with Gasteiger partial charge in [-0.25, -0.2) is 4.79 Å². The summed E-state index contributed by atoms with van der Waals surface area (Å²) in [5.41, 5.74) is 5.78. The molecule has 0 aliphatic rings. The van der Waals surface area contributed by atoms with Crippen LogP contribution in [0.3, 0.4) is 0 Å². The third-order valence-electron chi connectivity index (χ3n) is 1.86. The molecule has 0 fully saturated rings. The summed E-state index contributed by atoms with van der Waals surface area (Å²) in [6, 6.07) is 4.41. The van der Waals surface area contributed by atoms with E-state index < -0.39 is 5.97 Å². The number of benzene rings is 1. The Labute approximate surface area is 101 Å². The number of nitrogens with one attached hydrogen (secondary N) is 1. The van der Waals surface area contributed by atoms with Crippen molar-refractivity contribution in [1.29, 1.82) is 0 Å². The molecular formula is C10H11BrN2O3. The van der Waals surface area contributed by atoms with Crippen molar-refractivity contribution in [3.63, 3.8) is 0 Å². The molecule has 0 bridgehead atoms. The minimum atomic E-state index is -1.04. The second-order valence-electron chi connectivity index (χ2n) is 3.09. The lowest BCUT2D eigenvalue weighted by Crippen LogP contribution is -2.16. The average molecular weight is 287 g/mol. The van der Waals surface area contributed by atoms with Gasteiger partial charge >= 0.3 is 5.97 Å². The van der Waals surface area contributed by atoms with Crippen molar-refractivity contribution >= 4 is 33.5 Å². The maximum absolute atomic E-state index is 11.3. The van der Waals surface area contributed by atoms with Gasteiger partial charge < -0.3 is 16.2 Å². The number of carbonyl (C=O) groups is 2. The monoisotopic (exact) mass is 286 g/mol. The minimum absolute atomic E-state index is 0.117. The number of halogens is 1. The average Bonchev–Trinajstić information content (AvgIpc) is 2.21. The number of hydrogen-bond donors (Lipinski definition) is 3. The predicted octanol–water partition coefficient (Wildman–Crippen LogP) is 1.43. The molecule has 0 saturated carbocycles. The third kappa shape index (κ3) is 3.32. The topological polar surface area (TPSA) is 92.4 Å². The molecular weight excluding hydrogens is 276 g/mol. The van der Waals surface area contributed by atoms with Crippen molar-refractivity contribution < 1.29 is 14.7 Å². The molecule has 0 unspecified atom stereocenters. The number of hydrogen-bond acceptors (Lipinski definition) is 3. The largest absolute Gasteiger partial charge is 0.478 e. The van der Waals surface area contributed by atoms with Crippen LogP contribution in [0, 0.1) is 0 Å². The number of amides is 1. The second-order valence-corrected chi connectivity index (χ2v) is 3.94. The van der Waals surface area contributed by atoms with Gasteiger partial charge in [0.1, 0.15) is 0 Å². The van der Waals surface area contributed by atoms with Gasteiger partial charge in [0.2, 0.25) is 5.91 Å². The number of nitrogens with two attached hydrogens (primary N) is 1.